The lowest BCUT2D eigenvalue weighted by Crippen LogP contribution is -2.26. The smallest absolute Gasteiger partial charge is 0.348 e. The van der Waals surface area contributed by atoms with Crippen LogP contribution in [0.3, 0.4) is 0 Å². The van der Waals surface area contributed by atoms with Crippen LogP contribution in [0.15, 0.2) is 37.4 Å². The van der Waals surface area contributed by atoms with Crippen LogP contribution >= 0.6 is 0 Å². The Hall–Kier alpha value is -2.29. The van der Waals surface area contributed by atoms with E-state index in [9.17, 15) is 13.2 Å². The lowest BCUT2D eigenvalue weighted by molar-refractivity contribution is -0.141. The third kappa shape index (κ3) is 3.58. The fourth-order valence-electron chi connectivity index (χ4n) is 1.49. The zero-order valence-electron chi connectivity index (χ0n) is 10.1. The minimum atomic E-state index is -4.54. The number of nitrogens with zero attached hydrogens (tertiary/aromatic N) is 3. The molecular weight excluding hydrogens is 255 g/mol. The Morgan fingerprint density at radius 1 is 1.26 bits per heavy atom. The van der Waals surface area contributed by atoms with Gasteiger partial charge in [-0.15, -0.1) is 13.2 Å². The highest BCUT2D eigenvalue weighted by atomic mass is 19.4. The van der Waals surface area contributed by atoms with Gasteiger partial charge in [0.2, 0.25) is 0 Å². The van der Waals surface area contributed by atoms with E-state index in [1.807, 2.05) is 6.07 Å². The molecule has 0 amide bonds. The second-order valence-corrected chi connectivity index (χ2v) is 3.66. The van der Waals surface area contributed by atoms with E-state index in [1.165, 1.54) is 17.1 Å². The lowest BCUT2D eigenvalue weighted by atomic mass is 10.2. The van der Waals surface area contributed by atoms with Crippen molar-refractivity contribution >= 4 is 5.82 Å². The molecule has 100 valence electrons. The summed E-state index contributed by atoms with van der Waals surface area (Å²) in [6.07, 6.45) is -1.50. The Morgan fingerprint density at radius 2 is 1.84 bits per heavy atom. The summed E-state index contributed by atoms with van der Waals surface area (Å²) in [5.41, 5.74) is -0.948. The fraction of sp³-hybridized carbons (Fsp3) is 0.231. The average Bonchev–Trinajstić information content (AvgIpc) is 2.36. The highest BCUT2D eigenvalue weighted by Crippen LogP contribution is 2.30. The number of halogens is 3. The van der Waals surface area contributed by atoms with Crippen molar-refractivity contribution in [1.82, 2.24) is 4.98 Å². The third-order valence-electron chi connectivity index (χ3n) is 2.28. The standard InChI is InChI=1S/C13H12F3N3/c1-3-7-19(8-4-2)12-10(9-17)5-6-11(18-12)13(14,15)16/h3-6H,1-2,7-8H2. The first kappa shape index (κ1) is 14.8. The molecule has 0 bridgehead atoms. The van der Waals surface area contributed by atoms with Gasteiger partial charge in [-0.3, -0.25) is 0 Å². The van der Waals surface area contributed by atoms with Crippen LogP contribution in [0.2, 0.25) is 0 Å². The second-order valence-electron chi connectivity index (χ2n) is 3.66. The molecule has 0 spiro atoms. The summed E-state index contributed by atoms with van der Waals surface area (Å²) in [4.78, 5) is 5.03. The number of alkyl halides is 3. The molecule has 1 rings (SSSR count). The van der Waals surface area contributed by atoms with E-state index in [-0.39, 0.29) is 24.5 Å². The van der Waals surface area contributed by atoms with Crippen LogP contribution < -0.4 is 4.90 Å². The number of aromatic nitrogens is 1. The lowest BCUT2D eigenvalue weighted by Gasteiger charge is -2.22. The summed E-state index contributed by atoms with van der Waals surface area (Å²) in [6, 6.07) is 3.74. The first-order chi connectivity index (χ1) is 8.93. The molecule has 0 unspecified atom stereocenters. The van der Waals surface area contributed by atoms with E-state index in [1.54, 1.807) is 0 Å². The van der Waals surface area contributed by atoms with Crippen LogP contribution in [0, 0.1) is 11.3 Å². The Labute approximate surface area is 109 Å². The molecule has 3 nitrogen and oxygen atoms in total. The van der Waals surface area contributed by atoms with Gasteiger partial charge < -0.3 is 4.90 Å². The van der Waals surface area contributed by atoms with Crippen molar-refractivity contribution in [2.75, 3.05) is 18.0 Å². The van der Waals surface area contributed by atoms with Gasteiger partial charge in [0, 0.05) is 13.1 Å². The van der Waals surface area contributed by atoms with Gasteiger partial charge in [0.25, 0.3) is 0 Å². The van der Waals surface area contributed by atoms with Gasteiger partial charge in [-0.2, -0.15) is 18.4 Å². The van der Waals surface area contributed by atoms with Crippen molar-refractivity contribution in [3.05, 3.63) is 48.7 Å². The van der Waals surface area contributed by atoms with Gasteiger partial charge >= 0.3 is 6.18 Å². The van der Waals surface area contributed by atoms with E-state index in [0.29, 0.717) is 0 Å². The summed E-state index contributed by atoms with van der Waals surface area (Å²) in [6.45, 7) is 7.60. The Balaban J connectivity index is 3.32. The van der Waals surface area contributed by atoms with Crippen molar-refractivity contribution in [2.45, 2.75) is 6.18 Å². The van der Waals surface area contributed by atoms with Gasteiger partial charge in [0.05, 0.1) is 5.56 Å². The van der Waals surface area contributed by atoms with Crippen LogP contribution in [-0.4, -0.2) is 18.1 Å². The highest BCUT2D eigenvalue weighted by Gasteiger charge is 2.33. The Morgan fingerprint density at radius 3 is 2.26 bits per heavy atom. The average molecular weight is 267 g/mol. The third-order valence-corrected chi connectivity index (χ3v) is 2.28. The molecule has 0 radical (unpaired) electrons. The van der Waals surface area contributed by atoms with Crippen LogP contribution in [0.1, 0.15) is 11.3 Å². The zero-order chi connectivity index (χ0) is 14.5. The minimum Gasteiger partial charge on any atom is -0.348 e. The van der Waals surface area contributed by atoms with E-state index in [2.05, 4.69) is 18.1 Å². The van der Waals surface area contributed by atoms with E-state index in [4.69, 9.17) is 5.26 Å². The molecule has 1 heterocycles. The number of nitriles is 1. The molecular formula is C13H12F3N3. The molecule has 0 aromatic carbocycles. The molecule has 0 saturated heterocycles. The van der Waals surface area contributed by atoms with Crippen LogP contribution in [0.5, 0.6) is 0 Å². The Bertz CT molecular complexity index is 505. The summed E-state index contributed by atoms with van der Waals surface area (Å²) in [5.74, 6) is -0.0166. The number of hydrogen-bond donors (Lipinski definition) is 0. The van der Waals surface area contributed by atoms with Crippen LogP contribution in [0.25, 0.3) is 0 Å². The largest absolute Gasteiger partial charge is 0.433 e. The summed E-state index contributed by atoms with van der Waals surface area (Å²) in [5, 5.41) is 8.95. The zero-order valence-corrected chi connectivity index (χ0v) is 10.1. The van der Waals surface area contributed by atoms with Crippen molar-refractivity contribution in [1.29, 1.82) is 5.26 Å². The van der Waals surface area contributed by atoms with Gasteiger partial charge in [-0.25, -0.2) is 4.98 Å². The van der Waals surface area contributed by atoms with E-state index >= 15 is 0 Å². The van der Waals surface area contributed by atoms with Gasteiger partial charge in [0.15, 0.2) is 0 Å². The topological polar surface area (TPSA) is 39.9 Å². The molecule has 1 aromatic rings. The normalized spacial score (nSPS) is 10.6. The second kappa shape index (κ2) is 6.05. The maximum atomic E-state index is 12.6. The molecule has 0 aliphatic heterocycles. The Kier molecular flexibility index (Phi) is 4.70. The van der Waals surface area contributed by atoms with Gasteiger partial charge in [0.1, 0.15) is 17.6 Å². The van der Waals surface area contributed by atoms with E-state index in [0.717, 1.165) is 12.1 Å². The van der Waals surface area contributed by atoms with Gasteiger partial charge in [-0.1, -0.05) is 12.2 Å². The maximum Gasteiger partial charge on any atom is 0.433 e. The monoisotopic (exact) mass is 267 g/mol. The van der Waals surface area contributed by atoms with Crippen molar-refractivity contribution in [2.24, 2.45) is 0 Å². The van der Waals surface area contributed by atoms with E-state index < -0.39 is 11.9 Å². The van der Waals surface area contributed by atoms with Crippen molar-refractivity contribution in [3.63, 3.8) is 0 Å². The van der Waals surface area contributed by atoms with Crippen molar-refractivity contribution in [3.8, 4) is 6.07 Å². The molecule has 0 saturated carbocycles. The SMILES string of the molecule is C=CCN(CC=C)c1nc(C(F)(F)F)ccc1C#N. The maximum absolute atomic E-state index is 12.6. The molecule has 0 atom stereocenters. The molecule has 19 heavy (non-hydrogen) atoms. The first-order valence-corrected chi connectivity index (χ1v) is 5.39. The quantitative estimate of drug-likeness (QED) is 0.769. The molecule has 1 aromatic heterocycles. The summed E-state index contributed by atoms with van der Waals surface area (Å²) in [7, 11) is 0. The van der Waals surface area contributed by atoms with Gasteiger partial charge in [-0.05, 0) is 12.1 Å². The fourth-order valence-corrected chi connectivity index (χ4v) is 1.49. The molecule has 0 N–H and O–H groups in total. The van der Waals surface area contributed by atoms with Crippen LogP contribution in [0.4, 0.5) is 19.0 Å². The predicted octanol–water partition coefficient (Wildman–Crippen LogP) is 3.15. The molecule has 0 aliphatic rings. The highest BCUT2D eigenvalue weighted by molar-refractivity contribution is 5.55. The summed E-state index contributed by atoms with van der Waals surface area (Å²) >= 11 is 0. The van der Waals surface area contributed by atoms with Crippen LogP contribution in [-0.2, 0) is 6.18 Å². The van der Waals surface area contributed by atoms with Crippen molar-refractivity contribution < 1.29 is 13.2 Å². The molecule has 6 heteroatoms. The molecule has 0 aliphatic carbocycles. The summed E-state index contributed by atoms with van der Waals surface area (Å²) < 4.78 is 37.9. The predicted molar refractivity (Wildman–Crippen MR) is 66.6 cm³/mol. The number of hydrogen-bond acceptors (Lipinski definition) is 3. The number of anilines is 1. The first-order valence-electron chi connectivity index (χ1n) is 5.39. The number of rotatable bonds is 5. The number of pyridine rings is 1. The molecule has 0 fully saturated rings. The minimum absolute atomic E-state index is 0.0166.